The minimum Gasteiger partial charge on any atom is -0.497 e. The van der Waals surface area contributed by atoms with Gasteiger partial charge in [0.05, 0.1) is 7.11 Å². The molecule has 114 valence electrons. The van der Waals surface area contributed by atoms with Crippen LogP contribution in [0, 0.1) is 11.3 Å². The molecule has 0 fully saturated rings. The van der Waals surface area contributed by atoms with Crippen molar-refractivity contribution in [2.24, 2.45) is 11.3 Å². The van der Waals surface area contributed by atoms with Gasteiger partial charge in [-0.05, 0) is 29.3 Å². The average Bonchev–Trinajstić information content (AvgIpc) is 2.48. The number of Topliss-reactive ketones (excluding diaryl/α,β-unsaturated/α-hetero) is 1. The summed E-state index contributed by atoms with van der Waals surface area (Å²) < 4.78 is 5.33. The molecule has 0 radical (unpaired) electrons. The van der Waals surface area contributed by atoms with E-state index in [1.807, 2.05) is 45.0 Å². The Balaban J connectivity index is 2.34. The zero-order valence-electron chi connectivity index (χ0n) is 13.4. The number of benzene rings is 1. The van der Waals surface area contributed by atoms with Crippen LogP contribution in [0.1, 0.15) is 31.9 Å². The Kier molecular flexibility index (Phi) is 2.96. The van der Waals surface area contributed by atoms with Crippen LogP contribution < -0.4 is 4.74 Å². The van der Waals surface area contributed by atoms with Gasteiger partial charge in [-0.15, -0.1) is 0 Å². The van der Waals surface area contributed by atoms with Gasteiger partial charge in [0.1, 0.15) is 5.75 Å². The molecular weight excluding hydrogens is 276 g/mol. The van der Waals surface area contributed by atoms with Gasteiger partial charge in [0.25, 0.3) is 0 Å². The van der Waals surface area contributed by atoms with Gasteiger partial charge >= 0.3 is 0 Å². The molecule has 0 amide bonds. The lowest BCUT2D eigenvalue weighted by atomic mass is 9.51. The van der Waals surface area contributed by atoms with Gasteiger partial charge < -0.3 is 4.74 Å². The molecule has 0 bridgehead atoms. The molecule has 3 heteroatoms. The molecule has 2 atom stereocenters. The number of fused-ring (bicyclic) bond motifs is 3. The highest BCUT2D eigenvalue weighted by Gasteiger charge is 2.56. The van der Waals surface area contributed by atoms with Crippen molar-refractivity contribution in [3.63, 3.8) is 0 Å². The number of rotatable bonds is 1. The molecule has 1 aromatic carbocycles. The zero-order chi connectivity index (χ0) is 16.3. The Labute approximate surface area is 130 Å². The second-order valence-corrected chi connectivity index (χ2v) is 6.89. The van der Waals surface area contributed by atoms with E-state index in [9.17, 15) is 9.59 Å². The number of carbonyl (C=O) groups excluding carboxylic acids is 2. The fraction of sp³-hybridized carbons (Fsp3) is 0.368. The van der Waals surface area contributed by atoms with Crippen LogP contribution in [0.5, 0.6) is 5.75 Å². The number of ketones is 2. The summed E-state index contributed by atoms with van der Waals surface area (Å²) in [4.78, 5) is 25.2. The van der Waals surface area contributed by atoms with Crippen molar-refractivity contribution >= 4 is 17.1 Å². The van der Waals surface area contributed by atoms with E-state index in [2.05, 4.69) is 6.58 Å². The second-order valence-electron chi connectivity index (χ2n) is 6.89. The first-order valence-electron chi connectivity index (χ1n) is 7.39. The molecule has 0 saturated carbocycles. The van der Waals surface area contributed by atoms with E-state index >= 15 is 0 Å². The largest absolute Gasteiger partial charge is 0.497 e. The molecule has 0 spiro atoms. The summed E-state index contributed by atoms with van der Waals surface area (Å²) in [5, 5.41) is 0. The molecule has 1 unspecified atom stereocenters. The third-order valence-corrected chi connectivity index (χ3v) is 5.23. The number of hydrogen-bond donors (Lipinski definition) is 0. The predicted molar refractivity (Wildman–Crippen MR) is 85.8 cm³/mol. The Morgan fingerprint density at radius 2 is 1.86 bits per heavy atom. The lowest BCUT2D eigenvalue weighted by molar-refractivity contribution is -0.135. The number of carbonyl (C=O) groups is 2. The van der Waals surface area contributed by atoms with Crippen LogP contribution in [0.15, 0.2) is 36.9 Å². The fourth-order valence-electron chi connectivity index (χ4n) is 3.96. The summed E-state index contributed by atoms with van der Waals surface area (Å²) in [5.74, 6) is 0.249. The van der Waals surface area contributed by atoms with Gasteiger partial charge in [0, 0.05) is 22.3 Å². The number of hydrogen-bond acceptors (Lipinski definition) is 3. The summed E-state index contributed by atoms with van der Waals surface area (Å²) in [7, 11) is 1.62. The van der Waals surface area contributed by atoms with E-state index in [1.165, 1.54) is 0 Å². The highest BCUT2D eigenvalue weighted by molar-refractivity contribution is 6.25. The minimum atomic E-state index is -0.746. The van der Waals surface area contributed by atoms with Crippen molar-refractivity contribution in [1.29, 1.82) is 0 Å². The zero-order valence-corrected chi connectivity index (χ0v) is 13.4. The van der Waals surface area contributed by atoms with Crippen molar-refractivity contribution in [2.75, 3.05) is 7.11 Å². The average molecular weight is 296 g/mol. The first kappa shape index (κ1) is 14.8. The van der Waals surface area contributed by atoms with Crippen LogP contribution in [0.2, 0.25) is 0 Å². The Bertz CT molecular complexity index is 739. The quantitative estimate of drug-likeness (QED) is 0.747. The van der Waals surface area contributed by atoms with Gasteiger partial charge in [-0.3, -0.25) is 9.59 Å². The van der Waals surface area contributed by atoms with E-state index in [0.29, 0.717) is 5.57 Å². The smallest absolute Gasteiger partial charge is 0.168 e. The molecule has 2 aliphatic carbocycles. The fourth-order valence-corrected chi connectivity index (χ4v) is 3.96. The van der Waals surface area contributed by atoms with Crippen LogP contribution in [0.3, 0.4) is 0 Å². The predicted octanol–water partition coefficient (Wildman–Crippen LogP) is 3.33. The third-order valence-electron chi connectivity index (χ3n) is 5.23. The molecule has 2 aliphatic rings. The van der Waals surface area contributed by atoms with Gasteiger partial charge in [0.2, 0.25) is 0 Å². The van der Waals surface area contributed by atoms with Crippen molar-refractivity contribution in [2.45, 2.75) is 26.2 Å². The maximum absolute atomic E-state index is 12.9. The van der Waals surface area contributed by atoms with Crippen LogP contribution in [0.25, 0.3) is 5.57 Å². The first-order chi connectivity index (χ1) is 10.2. The van der Waals surface area contributed by atoms with Crippen LogP contribution >= 0.6 is 0 Å². The van der Waals surface area contributed by atoms with E-state index in [-0.39, 0.29) is 11.6 Å². The highest BCUT2D eigenvalue weighted by atomic mass is 16.5. The highest BCUT2D eigenvalue weighted by Crippen LogP contribution is 2.54. The number of allylic oxidation sites excluding steroid dienone is 3. The normalized spacial score (nSPS) is 29.1. The van der Waals surface area contributed by atoms with Gasteiger partial charge in [-0.25, -0.2) is 0 Å². The Morgan fingerprint density at radius 1 is 1.18 bits per heavy atom. The number of methoxy groups -OCH3 is 1. The molecule has 0 aliphatic heterocycles. The molecule has 22 heavy (non-hydrogen) atoms. The molecule has 0 saturated heterocycles. The van der Waals surface area contributed by atoms with E-state index in [1.54, 1.807) is 13.2 Å². The van der Waals surface area contributed by atoms with E-state index < -0.39 is 16.7 Å². The molecular formula is C19H20O3. The van der Waals surface area contributed by atoms with E-state index in [0.717, 1.165) is 16.9 Å². The van der Waals surface area contributed by atoms with Gasteiger partial charge in [-0.2, -0.15) is 0 Å². The van der Waals surface area contributed by atoms with Crippen molar-refractivity contribution in [3.8, 4) is 5.75 Å². The lowest BCUT2D eigenvalue weighted by Crippen LogP contribution is -2.53. The maximum Gasteiger partial charge on any atom is 0.168 e. The Morgan fingerprint density at radius 3 is 2.50 bits per heavy atom. The SMILES string of the molecule is C=C1C(=O)C2C(C)(C)C(=O)C=C[C@@]2(C)c2cc(OC)ccc21. The maximum atomic E-state index is 12.9. The van der Waals surface area contributed by atoms with Crippen molar-refractivity contribution in [3.05, 3.63) is 48.1 Å². The van der Waals surface area contributed by atoms with Gasteiger partial charge in [0.15, 0.2) is 11.6 Å². The first-order valence-corrected chi connectivity index (χ1v) is 7.39. The lowest BCUT2D eigenvalue weighted by Gasteiger charge is -2.49. The van der Waals surface area contributed by atoms with Crippen molar-refractivity contribution in [1.82, 2.24) is 0 Å². The third kappa shape index (κ3) is 1.68. The van der Waals surface area contributed by atoms with Crippen molar-refractivity contribution < 1.29 is 14.3 Å². The molecule has 0 heterocycles. The molecule has 3 nitrogen and oxygen atoms in total. The molecule has 1 aromatic rings. The van der Waals surface area contributed by atoms with Crippen LogP contribution in [0.4, 0.5) is 0 Å². The monoisotopic (exact) mass is 296 g/mol. The molecule has 0 aromatic heterocycles. The summed E-state index contributed by atoms with van der Waals surface area (Å²) in [6.07, 6.45) is 3.48. The number of ether oxygens (including phenoxy) is 1. The van der Waals surface area contributed by atoms with Crippen LogP contribution in [-0.2, 0) is 15.0 Å². The molecule has 3 rings (SSSR count). The van der Waals surface area contributed by atoms with Crippen LogP contribution in [-0.4, -0.2) is 18.7 Å². The van der Waals surface area contributed by atoms with Gasteiger partial charge in [-0.1, -0.05) is 39.5 Å². The topological polar surface area (TPSA) is 43.4 Å². The summed E-state index contributed by atoms with van der Waals surface area (Å²) >= 11 is 0. The summed E-state index contributed by atoms with van der Waals surface area (Å²) in [6.45, 7) is 9.69. The molecule has 0 N–H and O–H groups in total. The standard InChI is InChI=1S/C19H20O3/c1-11-13-7-6-12(22-5)10-14(13)19(4)9-8-15(20)18(2,3)17(19)16(11)21/h6-10,17H,1H2,2-5H3/t17?,19-/m0/s1. The summed E-state index contributed by atoms with van der Waals surface area (Å²) in [5.41, 5.74) is 1.05. The minimum absolute atomic E-state index is 0.0116. The Hall–Kier alpha value is -2.16. The van der Waals surface area contributed by atoms with E-state index in [4.69, 9.17) is 4.74 Å². The second kappa shape index (κ2) is 4.42. The summed E-state index contributed by atoms with van der Waals surface area (Å²) in [6, 6.07) is 5.67.